The van der Waals surface area contributed by atoms with Crippen molar-refractivity contribution in [1.82, 2.24) is 50.3 Å². The zero-order chi connectivity index (χ0) is 73.7. The second-order valence-corrected chi connectivity index (χ2v) is 22.8. The Kier molecular flexibility index (Phi) is 21.6. The molecule has 104 heavy (non-hydrogen) atoms. The van der Waals surface area contributed by atoms with Crippen molar-refractivity contribution in [2.24, 2.45) is 5.73 Å². The Morgan fingerprint density at radius 1 is 0.529 bits per heavy atom. The molecule has 10 aromatic rings. The van der Waals surface area contributed by atoms with E-state index in [9.17, 15) is 58.8 Å². The minimum atomic E-state index is -1.04. The number of rotatable bonds is 14. The largest absolute Gasteiger partial charge is 0.508 e. The number of phenolic OH excluding ortho intramolecular Hbond substituents is 2. The lowest BCUT2D eigenvalue weighted by Gasteiger charge is -2.16. The number of nitrogen functional groups attached to an aromatic ring is 2. The van der Waals surface area contributed by atoms with Gasteiger partial charge in [0.2, 0.25) is 29.6 Å². The summed E-state index contributed by atoms with van der Waals surface area (Å²) in [5.74, 6) is -1.98. The van der Waals surface area contributed by atoms with E-state index in [1.165, 1.54) is 80.2 Å². The van der Waals surface area contributed by atoms with Gasteiger partial charge in [-0.1, -0.05) is 84.9 Å². The van der Waals surface area contributed by atoms with Gasteiger partial charge in [0.15, 0.2) is 22.2 Å². The number of amides is 3. The van der Waals surface area contributed by atoms with Crippen molar-refractivity contribution in [3.05, 3.63) is 236 Å². The van der Waals surface area contributed by atoms with Crippen LogP contribution in [0.5, 0.6) is 23.3 Å². The molecule has 15 rings (SSSR count). The fraction of sp³-hybridized carbons (Fsp3) is 0.108. The topological polar surface area (TPSA) is 474 Å². The Morgan fingerprint density at radius 3 is 1.37 bits per heavy atom. The molecule has 0 spiro atoms. The van der Waals surface area contributed by atoms with Gasteiger partial charge in [-0.3, -0.25) is 24.0 Å². The Morgan fingerprint density at radius 2 is 0.952 bits per heavy atom. The van der Waals surface area contributed by atoms with Crippen molar-refractivity contribution < 1.29 is 72.3 Å². The van der Waals surface area contributed by atoms with Gasteiger partial charge in [-0.15, -0.1) is 5.06 Å². The third-order valence-electron chi connectivity index (χ3n) is 15.5. The lowest BCUT2D eigenvalue weighted by Crippen LogP contribution is -2.30. The molecular weight excluding hydrogens is 1340 g/mol. The van der Waals surface area contributed by atoms with Crippen LogP contribution in [-0.2, 0) is 50.3 Å². The molecule has 1 saturated heterocycles. The van der Waals surface area contributed by atoms with Crippen LogP contribution in [0, 0.1) is 0 Å². The first-order valence-corrected chi connectivity index (χ1v) is 31.5. The number of benzene rings is 8. The number of imidazole rings is 2. The van der Waals surface area contributed by atoms with Crippen LogP contribution in [0.2, 0.25) is 0 Å². The average molecular weight is 1400 g/mol. The van der Waals surface area contributed by atoms with Crippen molar-refractivity contribution in [2.75, 3.05) is 11.5 Å². The Bertz CT molecular complexity index is 5420. The number of anilines is 2. The summed E-state index contributed by atoms with van der Waals surface area (Å²) in [6, 6.07) is 47.0. The Balaban J connectivity index is 0.000000133. The predicted octanol–water partition coefficient (Wildman–Crippen LogP) is 9.67. The number of carbonyl (C=O) groups excluding carboxylic acids is 4. The lowest BCUT2D eigenvalue weighted by molar-refractivity contribution is -0.195. The minimum Gasteiger partial charge on any atom is -0.508 e. The van der Waals surface area contributed by atoms with E-state index in [0.29, 0.717) is 132 Å². The molecule has 30 heteroatoms. The number of ether oxygens (including phenoxy) is 2. The molecule has 0 atom stereocenters. The highest BCUT2D eigenvalue weighted by atomic mass is 16.7. The predicted molar refractivity (Wildman–Crippen MR) is 378 cm³/mol. The number of phenols is 2. The summed E-state index contributed by atoms with van der Waals surface area (Å²) in [7, 11) is 0. The van der Waals surface area contributed by atoms with Crippen LogP contribution in [0.25, 0.3) is 89.2 Å². The number of nitrogens with one attached hydrogen (secondary N) is 3. The number of imide groups is 1. The van der Waals surface area contributed by atoms with E-state index in [-0.39, 0.29) is 64.1 Å². The molecule has 3 aliphatic heterocycles. The minimum absolute atomic E-state index is 0.0198. The number of nitrogens with zero attached hydrogens (tertiary/aromatic N) is 7. The summed E-state index contributed by atoms with van der Waals surface area (Å²) in [5, 5.41) is 43.2. The number of carboxylic acids is 2. The molecule has 13 N–H and O–H groups in total. The number of fused-ring (bicyclic) bond motifs is 6. The molecule has 0 saturated carbocycles. The summed E-state index contributed by atoms with van der Waals surface area (Å²) in [5.41, 5.74) is 27.3. The highest BCUT2D eigenvalue weighted by Crippen LogP contribution is 2.44. The summed E-state index contributed by atoms with van der Waals surface area (Å²) in [6.07, 6.45) is 3.31. The van der Waals surface area contributed by atoms with E-state index in [4.69, 9.17) is 35.5 Å². The summed E-state index contributed by atoms with van der Waals surface area (Å²) >= 11 is 0. The molecule has 2 aliphatic carbocycles. The molecule has 0 unspecified atom stereocenters. The number of aromatic carboxylic acids is 2. The van der Waals surface area contributed by atoms with Crippen LogP contribution in [0.15, 0.2) is 201 Å². The van der Waals surface area contributed by atoms with Crippen molar-refractivity contribution >= 4 is 91.8 Å². The first-order chi connectivity index (χ1) is 50.1. The van der Waals surface area contributed by atoms with Crippen LogP contribution in [-0.4, -0.2) is 101 Å². The number of hydrogen-bond donors (Lipinski definition) is 10. The van der Waals surface area contributed by atoms with Crippen LogP contribution in [0.4, 0.5) is 11.9 Å². The molecule has 6 aromatic carbocycles. The second kappa shape index (κ2) is 31.6. The number of aromatic nitrogens is 8. The van der Waals surface area contributed by atoms with Crippen LogP contribution >= 0.6 is 0 Å². The number of aromatic amines is 2. The van der Waals surface area contributed by atoms with Crippen molar-refractivity contribution in [1.29, 1.82) is 0 Å². The third kappa shape index (κ3) is 16.8. The van der Waals surface area contributed by atoms with E-state index in [0.717, 1.165) is 29.2 Å². The lowest BCUT2D eigenvalue weighted by atomic mass is 9.91. The zero-order valence-electron chi connectivity index (χ0n) is 55.0. The van der Waals surface area contributed by atoms with E-state index >= 15 is 0 Å². The molecule has 4 aromatic heterocycles. The van der Waals surface area contributed by atoms with Crippen LogP contribution in [0.1, 0.15) is 69.7 Å². The summed E-state index contributed by atoms with van der Waals surface area (Å²) < 4.78 is 22.9. The van der Waals surface area contributed by atoms with Gasteiger partial charge in [-0.2, -0.15) is 19.9 Å². The van der Waals surface area contributed by atoms with Gasteiger partial charge in [0.05, 0.1) is 23.8 Å². The normalized spacial score (nSPS) is 11.6. The molecule has 5 aliphatic rings. The van der Waals surface area contributed by atoms with Crippen LogP contribution < -0.4 is 42.8 Å². The molecule has 1 fully saturated rings. The SMILES string of the molecule is CC(=O)NCc1ccc(COc2nc(N)nc3nc[nH]c23)cc1.CC(=O)ON1C(=O)CCC1=O.NCc1ccc(COc2nc(N)nc3nc[nH]c23)cc1.O=C(O)c1ccccc1-c1c2ccc(=O)cc-2oc2cc(O)ccc12.O=C(O)c1ccccc1-c1c2ccc(=O)cc-2oc2cc(O)ccc12. The number of carboxylic acid groups (broad SMARTS) is 2. The quantitative estimate of drug-likeness (QED) is 0.0357. The number of aromatic hydroxyl groups is 2. The number of nitrogens with two attached hydrogens (primary N) is 3. The van der Waals surface area contributed by atoms with Crippen molar-refractivity contribution in [3.8, 4) is 68.2 Å². The number of H-pyrrole nitrogens is 2. The number of hydroxylamine groups is 2. The average Bonchev–Trinajstić information content (AvgIpc) is 0.944. The van der Waals surface area contributed by atoms with E-state index < -0.39 is 29.7 Å². The third-order valence-corrected chi connectivity index (χ3v) is 15.5. The van der Waals surface area contributed by atoms with E-state index in [1.54, 1.807) is 60.7 Å². The van der Waals surface area contributed by atoms with Gasteiger partial charge in [-0.05, 0) is 94.0 Å². The molecule has 3 amide bonds. The van der Waals surface area contributed by atoms with E-state index in [2.05, 4.69) is 50.0 Å². The molecule has 0 bridgehead atoms. The second-order valence-electron chi connectivity index (χ2n) is 22.8. The maximum atomic E-state index is 11.7. The molecule has 0 radical (unpaired) electrons. The number of hydrogen-bond acceptors (Lipinski definition) is 24. The molecule has 30 nitrogen and oxygen atoms in total. The first-order valence-electron chi connectivity index (χ1n) is 31.5. The Labute approximate surface area is 586 Å². The number of carbonyl (C=O) groups is 6. The van der Waals surface area contributed by atoms with Gasteiger partial charge in [0, 0.05) is 97.1 Å². The van der Waals surface area contributed by atoms with Gasteiger partial charge < -0.3 is 76.1 Å². The van der Waals surface area contributed by atoms with Crippen LogP contribution in [0.3, 0.4) is 0 Å². The smallest absolute Gasteiger partial charge is 0.336 e. The summed E-state index contributed by atoms with van der Waals surface area (Å²) in [4.78, 5) is 124. The standard InChI is InChI=1S/2C20H12O5.C15H16N6O2.C13H14N6O.C6H7NO4/c2*21-11-5-7-15-17(9-11)25-18-10-12(22)6-8-16(18)19(15)13-3-1-2-4-14(13)20(23)24;1-9(22)17-6-10-2-4-11(5-3-10)7-23-14-12-13(19-8-18-12)20-15(16)21-14;14-5-8-1-3-9(4-2-8)6-20-12-10-11(17-7-16-10)18-13(15)19-12;1-4(8)11-7-5(9)2-3-6(7)10/h2*1-10,21H,(H,23,24);2-5,8H,6-7H2,1H3,(H,17,22)(H3,16,18,19,20,21);1-4,7H,5-6,14H2,(H3,15,16,17,18,19);2-3H2,1H3. The molecule has 524 valence electrons. The molecular formula is C74H61N13O17. The first kappa shape index (κ1) is 70.9. The van der Waals surface area contributed by atoms with E-state index in [1.807, 2.05) is 48.5 Å². The van der Waals surface area contributed by atoms with Crippen molar-refractivity contribution in [3.63, 3.8) is 0 Å². The van der Waals surface area contributed by atoms with Gasteiger partial charge in [-0.25, -0.2) is 24.4 Å². The van der Waals surface area contributed by atoms with Gasteiger partial charge >= 0.3 is 17.9 Å². The monoisotopic (exact) mass is 1400 g/mol. The fourth-order valence-electron chi connectivity index (χ4n) is 10.8. The van der Waals surface area contributed by atoms with Crippen molar-refractivity contribution in [2.45, 2.75) is 53.0 Å². The van der Waals surface area contributed by atoms with Gasteiger partial charge in [0.1, 0.15) is 58.4 Å². The molecule has 7 heterocycles. The highest BCUT2D eigenvalue weighted by molar-refractivity contribution is 6.09. The maximum Gasteiger partial charge on any atom is 0.336 e. The van der Waals surface area contributed by atoms with Gasteiger partial charge in [0.25, 0.3) is 11.8 Å². The summed E-state index contributed by atoms with van der Waals surface area (Å²) in [6.45, 7) is 4.39. The highest BCUT2D eigenvalue weighted by Gasteiger charge is 2.32. The Hall–Kier alpha value is -14.4. The fourth-order valence-corrected chi connectivity index (χ4v) is 10.8. The maximum absolute atomic E-state index is 11.7. The zero-order valence-corrected chi connectivity index (χ0v) is 55.0.